The highest BCUT2D eigenvalue weighted by atomic mass is 79.9. The molecule has 1 aliphatic carbocycles. The van der Waals surface area contributed by atoms with E-state index < -0.39 is 0 Å². The second kappa shape index (κ2) is 10.5. The molecule has 0 spiro atoms. The monoisotopic (exact) mass is 510 g/mol. The molecule has 2 atom stereocenters. The fourth-order valence-electron chi connectivity index (χ4n) is 4.17. The number of halogens is 1. The summed E-state index contributed by atoms with van der Waals surface area (Å²) < 4.78 is 6.49. The van der Waals surface area contributed by atoms with E-state index in [2.05, 4.69) is 29.4 Å². The van der Waals surface area contributed by atoms with Crippen LogP contribution in [0.2, 0.25) is 0 Å². The lowest BCUT2D eigenvalue weighted by molar-refractivity contribution is -0.124. The predicted octanol–water partition coefficient (Wildman–Crippen LogP) is 7.20. The van der Waals surface area contributed by atoms with E-state index in [4.69, 9.17) is 9.73 Å². The number of ether oxygens (including phenoxy) is 1. The van der Waals surface area contributed by atoms with E-state index in [1.165, 1.54) is 18.2 Å². The summed E-state index contributed by atoms with van der Waals surface area (Å²) in [6.45, 7) is 6.38. The molecule has 4 nitrogen and oxygen atoms in total. The van der Waals surface area contributed by atoms with Crippen LogP contribution in [0, 0.1) is 5.92 Å². The second-order valence-corrected chi connectivity index (χ2v) is 10.00. The molecule has 0 aromatic heterocycles. The van der Waals surface area contributed by atoms with Crippen molar-refractivity contribution in [2.75, 3.05) is 6.61 Å². The Kier molecular flexibility index (Phi) is 7.53. The van der Waals surface area contributed by atoms with Crippen molar-refractivity contribution in [3.05, 3.63) is 76.1 Å². The van der Waals surface area contributed by atoms with Crippen LogP contribution in [0.15, 0.2) is 75.6 Å². The van der Waals surface area contributed by atoms with Crippen molar-refractivity contribution in [2.45, 2.75) is 38.6 Å². The van der Waals surface area contributed by atoms with Gasteiger partial charge >= 0.3 is 0 Å². The van der Waals surface area contributed by atoms with E-state index >= 15 is 0 Å². The van der Waals surface area contributed by atoms with Crippen molar-refractivity contribution in [1.29, 1.82) is 0 Å². The Morgan fingerprint density at radius 1 is 1.22 bits per heavy atom. The molecule has 1 aliphatic heterocycles. The zero-order chi connectivity index (χ0) is 22.5. The number of carbonyl (C=O) groups excluding carboxylic acids is 1. The zero-order valence-electron chi connectivity index (χ0n) is 18.2. The van der Waals surface area contributed by atoms with E-state index in [0.717, 1.165) is 45.9 Å². The maximum Gasteiger partial charge on any atom is 0.267 e. The molecule has 1 saturated carbocycles. The Balaban J connectivity index is 1.66. The lowest BCUT2D eigenvalue weighted by Gasteiger charge is -2.35. The SMILES string of the molecule is C=CCOc1ccc(/C=C2\SC(=Nc3ccccc3)N([C@H]3CCCC[C@@H]3C)C2=O)cc1Br. The van der Waals surface area contributed by atoms with Gasteiger partial charge in [-0.1, -0.05) is 56.7 Å². The fourth-order valence-corrected chi connectivity index (χ4v) is 5.73. The van der Waals surface area contributed by atoms with E-state index in [1.807, 2.05) is 59.5 Å². The van der Waals surface area contributed by atoms with Gasteiger partial charge in [-0.05, 0) is 82.4 Å². The molecule has 2 aromatic rings. The predicted molar refractivity (Wildman–Crippen MR) is 137 cm³/mol. The Bertz CT molecular complexity index is 1050. The van der Waals surface area contributed by atoms with Crippen LogP contribution in [0.4, 0.5) is 5.69 Å². The lowest BCUT2D eigenvalue weighted by Crippen LogP contribution is -2.44. The first-order chi connectivity index (χ1) is 15.6. The van der Waals surface area contributed by atoms with Crippen molar-refractivity contribution >= 4 is 50.5 Å². The summed E-state index contributed by atoms with van der Waals surface area (Å²) in [6, 6.07) is 15.9. The molecule has 2 aliphatic rings. The van der Waals surface area contributed by atoms with Crippen molar-refractivity contribution in [3.63, 3.8) is 0 Å². The Morgan fingerprint density at radius 2 is 2.00 bits per heavy atom. The normalized spacial score (nSPS) is 23.7. The summed E-state index contributed by atoms with van der Waals surface area (Å²) >= 11 is 5.03. The Morgan fingerprint density at radius 3 is 2.72 bits per heavy atom. The first kappa shape index (κ1) is 22.9. The Hall–Kier alpha value is -2.31. The van der Waals surface area contributed by atoms with Gasteiger partial charge in [0.2, 0.25) is 0 Å². The van der Waals surface area contributed by atoms with Crippen LogP contribution >= 0.6 is 27.7 Å². The molecule has 0 unspecified atom stereocenters. The van der Waals surface area contributed by atoms with Gasteiger partial charge in [-0.3, -0.25) is 9.69 Å². The standard InChI is InChI=1S/C26H27BrN2O2S/c1-3-15-31-23-14-13-19(16-21(23)27)17-24-25(30)29(22-12-8-7-9-18(22)2)26(32-24)28-20-10-5-4-6-11-20/h3-6,10-11,13-14,16-18,22H,1,7-9,12,15H2,2H3/b24-17-,28-26?/t18-,22-/m0/s1. The quantitative estimate of drug-likeness (QED) is 0.304. The van der Waals surface area contributed by atoms with Crippen molar-refractivity contribution in [1.82, 2.24) is 4.90 Å². The van der Waals surface area contributed by atoms with Gasteiger partial charge in [0.25, 0.3) is 5.91 Å². The second-order valence-electron chi connectivity index (χ2n) is 8.13. The van der Waals surface area contributed by atoms with Gasteiger partial charge in [-0.25, -0.2) is 4.99 Å². The first-order valence-electron chi connectivity index (χ1n) is 11.0. The third-order valence-corrected chi connectivity index (χ3v) is 7.43. The number of para-hydroxylation sites is 1. The first-order valence-corrected chi connectivity index (χ1v) is 12.6. The van der Waals surface area contributed by atoms with Crippen molar-refractivity contribution in [2.24, 2.45) is 10.9 Å². The number of amides is 1. The summed E-state index contributed by atoms with van der Waals surface area (Å²) in [5.41, 5.74) is 1.81. The topological polar surface area (TPSA) is 41.9 Å². The highest BCUT2D eigenvalue weighted by Gasteiger charge is 2.41. The molecule has 0 radical (unpaired) electrons. The van der Waals surface area contributed by atoms with Gasteiger partial charge < -0.3 is 4.74 Å². The smallest absolute Gasteiger partial charge is 0.267 e. The number of aliphatic imine (C=N–C) groups is 1. The number of carbonyl (C=O) groups is 1. The molecule has 0 bridgehead atoms. The van der Waals surface area contributed by atoms with Crippen LogP contribution in [-0.4, -0.2) is 28.6 Å². The van der Waals surface area contributed by atoms with Crippen LogP contribution in [-0.2, 0) is 4.79 Å². The largest absolute Gasteiger partial charge is 0.488 e. The van der Waals surface area contributed by atoms with Gasteiger partial charge in [0.1, 0.15) is 12.4 Å². The third-order valence-electron chi connectivity index (χ3n) is 5.83. The third kappa shape index (κ3) is 5.18. The fraction of sp³-hybridized carbons (Fsp3) is 0.308. The molecular formula is C26H27BrN2O2S. The summed E-state index contributed by atoms with van der Waals surface area (Å²) in [4.78, 5) is 21.1. The Labute approximate surface area is 202 Å². The van der Waals surface area contributed by atoms with Crippen LogP contribution in [0.1, 0.15) is 38.2 Å². The van der Waals surface area contributed by atoms with Gasteiger partial charge in [-0.2, -0.15) is 0 Å². The minimum atomic E-state index is 0.0477. The maximum absolute atomic E-state index is 13.6. The van der Waals surface area contributed by atoms with Crippen LogP contribution in [0.25, 0.3) is 6.08 Å². The summed E-state index contributed by atoms with van der Waals surface area (Å²) in [7, 11) is 0. The molecular weight excluding hydrogens is 484 g/mol. The van der Waals surface area contributed by atoms with Gasteiger partial charge in [-0.15, -0.1) is 0 Å². The molecule has 0 N–H and O–H groups in total. The molecule has 6 heteroatoms. The highest BCUT2D eigenvalue weighted by molar-refractivity contribution is 9.10. The number of thioether (sulfide) groups is 1. The zero-order valence-corrected chi connectivity index (χ0v) is 20.6. The summed E-state index contributed by atoms with van der Waals surface area (Å²) in [5, 5.41) is 0.774. The van der Waals surface area contributed by atoms with Crippen LogP contribution in [0.5, 0.6) is 5.75 Å². The summed E-state index contributed by atoms with van der Waals surface area (Å²) in [5.74, 6) is 1.26. The van der Waals surface area contributed by atoms with Crippen LogP contribution < -0.4 is 4.74 Å². The highest BCUT2D eigenvalue weighted by Crippen LogP contribution is 2.40. The van der Waals surface area contributed by atoms with E-state index in [1.54, 1.807) is 6.08 Å². The molecule has 2 fully saturated rings. The minimum absolute atomic E-state index is 0.0477. The van der Waals surface area contributed by atoms with Gasteiger partial charge in [0, 0.05) is 6.04 Å². The van der Waals surface area contributed by atoms with E-state index in [9.17, 15) is 4.79 Å². The van der Waals surface area contributed by atoms with E-state index in [-0.39, 0.29) is 11.9 Å². The number of hydrogen-bond donors (Lipinski definition) is 0. The molecule has 32 heavy (non-hydrogen) atoms. The number of amidine groups is 1. The maximum atomic E-state index is 13.6. The minimum Gasteiger partial charge on any atom is -0.488 e. The summed E-state index contributed by atoms with van der Waals surface area (Å²) in [6.07, 6.45) is 8.22. The average Bonchev–Trinajstić information content (AvgIpc) is 3.08. The number of hydrogen-bond acceptors (Lipinski definition) is 4. The molecule has 1 saturated heterocycles. The average molecular weight is 511 g/mol. The number of benzene rings is 2. The lowest BCUT2D eigenvalue weighted by atomic mass is 9.85. The van der Waals surface area contributed by atoms with Crippen LogP contribution in [0.3, 0.4) is 0 Å². The van der Waals surface area contributed by atoms with Gasteiger partial charge in [0.15, 0.2) is 5.17 Å². The number of nitrogens with zero attached hydrogens (tertiary/aromatic N) is 2. The van der Waals surface area contributed by atoms with Crippen molar-refractivity contribution < 1.29 is 9.53 Å². The van der Waals surface area contributed by atoms with Gasteiger partial charge in [0.05, 0.1) is 15.1 Å². The molecule has 166 valence electrons. The van der Waals surface area contributed by atoms with Crippen molar-refractivity contribution in [3.8, 4) is 5.75 Å². The molecule has 2 aromatic carbocycles. The molecule has 1 heterocycles. The molecule has 1 amide bonds. The molecule has 4 rings (SSSR count). The van der Waals surface area contributed by atoms with E-state index in [0.29, 0.717) is 17.4 Å². The number of rotatable bonds is 6.